The Labute approximate surface area is 136 Å². The third-order valence-corrected chi connectivity index (χ3v) is 3.25. The SMILES string of the molecule is Cc1nc(C)n(CCCNc2ccnc(C(=O)NC(C)C)c2)n1. The molecule has 0 bridgehead atoms. The van der Waals surface area contributed by atoms with E-state index in [-0.39, 0.29) is 11.9 Å². The Kier molecular flexibility index (Phi) is 5.67. The highest BCUT2D eigenvalue weighted by Crippen LogP contribution is 2.08. The van der Waals surface area contributed by atoms with E-state index in [4.69, 9.17) is 0 Å². The van der Waals surface area contributed by atoms with Gasteiger partial charge in [0.15, 0.2) is 0 Å². The van der Waals surface area contributed by atoms with Gasteiger partial charge in [0.1, 0.15) is 17.3 Å². The minimum atomic E-state index is -0.155. The number of nitrogens with zero attached hydrogens (tertiary/aromatic N) is 4. The summed E-state index contributed by atoms with van der Waals surface area (Å²) in [6.07, 6.45) is 2.56. The Morgan fingerprint density at radius 2 is 2.13 bits per heavy atom. The lowest BCUT2D eigenvalue weighted by molar-refractivity contribution is 0.0938. The van der Waals surface area contributed by atoms with Gasteiger partial charge in [-0.2, -0.15) is 5.10 Å². The number of hydrogen-bond donors (Lipinski definition) is 2. The van der Waals surface area contributed by atoms with Crippen LogP contribution in [0.15, 0.2) is 18.3 Å². The molecule has 0 saturated heterocycles. The highest BCUT2D eigenvalue weighted by molar-refractivity contribution is 5.93. The lowest BCUT2D eigenvalue weighted by Gasteiger charge is -2.10. The number of amides is 1. The van der Waals surface area contributed by atoms with Gasteiger partial charge in [0, 0.05) is 31.0 Å². The maximum atomic E-state index is 11.9. The average molecular weight is 316 g/mol. The zero-order chi connectivity index (χ0) is 16.8. The van der Waals surface area contributed by atoms with Crippen LogP contribution in [0.2, 0.25) is 0 Å². The molecule has 2 aromatic rings. The van der Waals surface area contributed by atoms with Crippen molar-refractivity contribution in [3.63, 3.8) is 0 Å². The van der Waals surface area contributed by atoms with Gasteiger partial charge in [-0.3, -0.25) is 14.5 Å². The second kappa shape index (κ2) is 7.71. The summed E-state index contributed by atoms with van der Waals surface area (Å²) in [5, 5.41) is 10.5. The van der Waals surface area contributed by atoms with E-state index in [1.54, 1.807) is 12.3 Å². The molecule has 0 spiro atoms. The van der Waals surface area contributed by atoms with Gasteiger partial charge in [-0.05, 0) is 46.2 Å². The molecule has 0 atom stereocenters. The van der Waals surface area contributed by atoms with Crippen LogP contribution >= 0.6 is 0 Å². The second-order valence-electron chi connectivity index (χ2n) is 5.77. The van der Waals surface area contributed by atoms with E-state index in [1.165, 1.54) is 0 Å². The smallest absolute Gasteiger partial charge is 0.270 e. The van der Waals surface area contributed by atoms with Crippen LogP contribution in [0.4, 0.5) is 5.69 Å². The molecule has 0 unspecified atom stereocenters. The Balaban J connectivity index is 1.84. The molecule has 0 aliphatic heterocycles. The highest BCUT2D eigenvalue weighted by Gasteiger charge is 2.09. The summed E-state index contributed by atoms with van der Waals surface area (Å²) in [6, 6.07) is 3.72. The zero-order valence-corrected chi connectivity index (χ0v) is 14.1. The zero-order valence-electron chi connectivity index (χ0n) is 14.1. The number of aryl methyl sites for hydroxylation is 3. The van der Waals surface area contributed by atoms with Gasteiger partial charge in [0.05, 0.1) is 0 Å². The van der Waals surface area contributed by atoms with E-state index >= 15 is 0 Å². The Hall–Kier alpha value is -2.44. The molecule has 0 aliphatic rings. The van der Waals surface area contributed by atoms with Crippen LogP contribution in [-0.4, -0.2) is 38.2 Å². The minimum Gasteiger partial charge on any atom is -0.385 e. The first-order chi connectivity index (χ1) is 11.0. The molecule has 0 aliphatic carbocycles. The van der Waals surface area contributed by atoms with Crippen LogP contribution < -0.4 is 10.6 Å². The number of anilines is 1. The quantitative estimate of drug-likeness (QED) is 0.763. The molecule has 2 rings (SSSR count). The highest BCUT2D eigenvalue weighted by atomic mass is 16.1. The normalized spacial score (nSPS) is 10.8. The van der Waals surface area contributed by atoms with Crippen molar-refractivity contribution in [1.82, 2.24) is 25.1 Å². The molecular weight excluding hydrogens is 292 g/mol. The number of pyridine rings is 1. The summed E-state index contributed by atoms with van der Waals surface area (Å²) in [7, 11) is 0. The topological polar surface area (TPSA) is 84.7 Å². The summed E-state index contributed by atoms with van der Waals surface area (Å²) in [6.45, 7) is 9.29. The van der Waals surface area contributed by atoms with E-state index in [1.807, 2.05) is 38.4 Å². The third-order valence-electron chi connectivity index (χ3n) is 3.25. The first-order valence-corrected chi connectivity index (χ1v) is 7.84. The first-order valence-electron chi connectivity index (χ1n) is 7.84. The molecule has 7 heteroatoms. The fourth-order valence-electron chi connectivity index (χ4n) is 2.24. The molecule has 0 radical (unpaired) electrons. The molecule has 0 fully saturated rings. The molecule has 2 N–H and O–H groups in total. The number of rotatable bonds is 7. The molecule has 23 heavy (non-hydrogen) atoms. The maximum Gasteiger partial charge on any atom is 0.270 e. The fourth-order valence-corrected chi connectivity index (χ4v) is 2.24. The van der Waals surface area contributed by atoms with Crippen LogP contribution in [0.25, 0.3) is 0 Å². The molecular formula is C16H24N6O. The maximum absolute atomic E-state index is 11.9. The third kappa shape index (κ3) is 5.05. The van der Waals surface area contributed by atoms with Crippen LogP contribution in [0.3, 0.4) is 0 Å². The van der Waals surface area contributed by atoms with E-state index < -0.39 is 0 Å². The lowest BCUT2D eigenvalue weighted by atomic mass is 10.2. The van der Waals surface area contributed by atoms with E-state index in [0.29, 0.717) is 5.69 Å². The van der Waals surface area contributed by atoms with Gasteiger partial charge in [0.2, 0.25) is 0 Å². The molecule has 2 heterocycles. The van der Waals surface area contributed by atoms with E-state index in [0.717, 1.165) is 36.8 Å². The second-order valence-corrected chi connectivity index (χ2v) is 5.77. The standard InChI is InChI=1S/C16H24N6O/c1-11(2)19-16(23)15-10-14(6-8-18-15)17-7-5-9-22-13(4)20-12(3)21-22/h6,8,10-11H,5,7,9H2,1-4H3,(H,17,18)(H,19,23). The van der Waals surface area contributed by atoms with Crippen molar-refractivity contribution >= 4 is 11.6 Å². The first kappa shape index (κ1) is 16.9. The van der Waals surface area contributed by atoms with Gasteiger partial charge in [-0.1, -0.05) is 0 Å². The largest absolute Gasteiger partial charge is 0.385 e. The minimum absolute atomic E-state index is 0.0929. The van der Waals surface area contributed by atoms with Crippen LogP contribution in [-0.2, 0) is 6.54 Å². The van der Waals surface area contributed by atoms with Crippen LogP contribution in [0.1, 0.15) is 42.4 Å². The predicted molar refractivity (Wildman–Crippen MR) is 89.4 cm³/mol. The monoisotopic (exact) mass is 316 g/mol. The van der Waals surface area contributed by atoms with Crippen molar-refractivity contribution in [3.8, 4) is 0 Å². The van der Waals surface area contributed by atoms with Gasteiger partial charge < -0.3 is 10.6 Å². The van der Waals surface area contributed by atoms with Gasteiger partial charge in [-0.15, -0.1) is 0 Å². The van der Waals surface area contributed by atoms with Gasteiger partial charge in [-0.25, -0.2) is 4.98 Å². The van der Waals surface area contributed by atoms with Crippen molar-refractivity contribution in [2.24, 2.45) is 0 Å². The number of carbonyl (C=O) groups is 1. The average Bonchev–Trinajstić information content (AvgIpc) is 2.81. The van der Waals surface area contributed by atoms with Crippen molar-refractivity contribution < 1.29 is 4.79 Å². The number of nitrogens with one attached hydrogen (secondary N) is 2. The Morgan fingerprint density at radius 1 is 1.35 bits per heavy atom. The van der Waals surface area contributed by atoms with Crippen molar-refractivity contribution in [2.45, 2.75) is 46.7 Å². The number of carbonyl (C=O) groups excluding carboxylic acids is 1. The van der Waals surface area contributed by atoms with Crippen LogP contribution in [0.5, 0.6) is 0 Å². The summed E-state index contributed by atoms with van der Waals surface area (Å²) in [5.74, 6) is 1.57. The van der Waals surface area contributed by atoms with Crippen LogP contribution in [0, 0.1) is 13.8 Å². The van der Waals surface area contributed by atoms with Crippen molar-refractivity contribution in [3.05, 3.63) is 35.7 Å². The molecule has 0 saturated carbocycles. The van der Waals surface area contributed by atoms with Crippen molar-refractivity contribution in [2.75, 3.05) is 11.9 Å². The summed E-state index contributed by atoms with van der Waals surface area (Å²) in [4.78, 5) is 20.3. The molecule has 0 aromatic carbocycles. The number of aromatic nitrogens is 4. The fraction of sp³-hybridized carbons (Fsp3) is 0.500. The van der Waals surface area contributed by atoms with E-state index in [2.05, 4.69) is 25.7 Å². The van der Waals surface area contributed by atoms with Crippen molar-refractivity contribution in [1.29, 1.82) is 0 Å². The molecule has 124 valence electrons. The Bertz CT molecular complexity index is 664. The van der Waals surface area contributed by atoms with E-state index in [9.17, 15) is 4.79 Å². The summed E-state index contributed by atoms with van der Waals surface area (Å²) < 4.78 is 1.91. The molecule has 2 aromatic heterocycles. The predicted octanol–water partition coefficient (Wildman–Crippen LogP) is 1.93. The Morgan fingerprint density at radius 3 is 2.78 bits per heavy atom. The number of hydrogen-bond acceptors (Lipinski definition) is 5. The summed E-state index contributed by atoms with van der Waals surface area (Å²) in [5.41, 5.74) is 1.31. The summed E-state index contributed by atoms with van der Waals surface area (Å²) >= 11 is 0. The lowest BCUT2D eigenvalue weighted by Crippen LogP contribution is -2.30. The van der Waals surface area contributed by atoms with Gasteiger partial charge in [0.25, 0.3) is 5.91 Å². The molecule has 1 amide bonds. The molecule has 7 nitrogen and oxygen atoms in total. The van der Waals surface area contributed by atoms with Gasteiger partial charge >= 0.3 is 0 Å².